The third kappa shape index (κ3) is 5.32. The van der Waals surface area contributed by atoms with E-state index in [0.29, 0.717) is 6.54 Å². The molecule has 0 radical (unpaired) electrons. The Morgan fingerprint density at radius 1 is 1.14 bits per heavy atom. The van der Waals surface area contributed by atoms with E-state index < -0.39 is 39.8 Å². The van der Waals surface area contributed by atoms with Crippen molar-refractivity contribution in [2.24, 2.45) is 0 Å². The summed E-state index contributed by atoms with van der Waals surface area (Å²) >= 11 is 0. The third-order valence-electron chi connectivity index (χ3n) is 4.43. The van der Waals surface area contributed by atoms with Gasteiger partial charge in [-0.1, -0.05) is 30.3 Å². The van der Waals surface area contributed by atoms with E-state index in [0.717, 1.165) is 5.56 Å². The van der Waals surface area contributed by atoms with Gasteiger partial charge in [-0.3, -0.25) is 14.5 Å². The van der Waals surface area contributed by atoms with Gasteiger partial charge >= 0.3 is 6.09 Å². The summed E-state index contributed by atoms with van der Waals surface area (Å²) in [6.07, 6.45) is 2.36. The summed E-state index contributed by atoms with van der Waals surface area (Å²) < 4.78 is 28.7. The third-order valence-corrected chi connectivity index (χ3v) is 6.17. The number of hydrogen-bond donors (Lipinski definition) is 2. The van der Waals surface area contributed by atoms with Gasteiger partial charge in [-0.2, -0.15) is 0 Å². The van der Waals surface area contributed by atoms with Crippen molar-refractivity contribution in [2.45, 2.75) is 12.1 Å². The fraction of sp³-hybridized carbons (Fsp3) is 0.389. The van der Waals surface area contributed by atoms with Gasteiger partial charge in [0.1, 0.15) is 13.2 Å². The van der Waals surface area contributed by atoms with Crippen LogP contribution >= 0.6 is 0 Å². The molecule has 0 saturated carbocycles. The lowest BCUT2D eigenvalue weighted by atomic mass is 10.1. The van der Waals surface area contributed by atoms with Crippen molar-refractivity contribution >= 4 is 33.8 Å². The first-order chi connectivity index (χ1) is 13.3. The summed E-state index contributed by atoms with van der Waals surface area (Å²) in [5.74, 6) is -1.47. The number of nitrogens with zero attached hydrogens (tertiary/aromatic N) is 1. The molecule has 0 unspecified atom stereocenters. The van der Waals surface area contributed by atoms with E-state index in [2.05, 4.69) is 10.6 Å². The number of ether oxygens (including phenoxy) is 1. The van der Waals surface area contributed by atoms with Crippen molar-refractivity contribution in [1.29, 1.82) is 0 Å². The molecule has 0 bridgehead atoms. The molecule has 0 aromatic heterocycles. The predicted octanol–water partition coefficient (Wildman–Crippen LogP) is -0.450. The highest BCUT2D eigenvalue weighted by molar-refractivity contribution is 7.91. The van der Waals surface area contributed by atoms with Crippen LogP contribution < -0.4 is 10.6 Å². The van der Waals surface area contributed by atoms with Gasteiger partial charge in [0.2, 0.25) is 11.8 Å². The van der Waals surface area contributed by atoms with E-state index in [1.807, 2.05) is 30.3 Å². The Kier molecular flexibility index (Phi) is 5.98. The van der Waals surface area contributed by atoms with Crippen LogP contribution in [0.5, 0.6) is 0 Å². The molecule has 1 aromatic rings. The zero-order chi connectivity index (χ0) is 20.1. The van der Waals surface area contributed by atoms with Crippen LogP contribution in [0.4, 0.5) is 4.79 Å². The molecule has 3 amide bonds. The Morgan fingerprint density at radius 3 is 2.46 bits per heavy atom. The maximum atomic E-state index is 12.2. The van der Waals surface area contributed by atoms with E-state index in [1.165, 1.54) is 11.0 Å². The van der Waals surface area contributed by atoms with Crippen molar-refractivity contribution in [3.63, 3.8) is 0 Å². The molecule has 2 heterocycles. The van der Waals surface area contributed by atoms with Crippen molar-refractivity contribution in [3.8, 4) is 0 Å². The highest BCUT2D eigenvalue weighted by Crippen LogP contribution is 2.13. The molecule has 1 aromatic carbocycles. The van der Waals surface area contributed by atoms with E-state index in [4.69, 9.17) is 4.74 Å². The maximum absolute atomic E-state index is 12.2. The first-order valence-corrected chi connectivity index (χ1v) is 10.6. The highest BCUT2D eigenvalue weighted by Gasteiger charge is 2.39. The van der Waals surface area contributed by atoms with Crippen molar-refractivity contribution < 1.29 is 27.5 Å². The smallest absolute Gasteiger partial charge is 0.410 e. The molecule has 2 fully saturated rings. The number of hydrogen-bond acceptors (Lipinski definition) is 6. The van der Waals surface area contributed by atoms with E-state index in [1.54, 1.807) is 6.08 Å². The molecule has 150 valence electrons. The lowest BCUT2D eigenvalue weighted by molar-refractivity contribution is -0.123. The normalized spacial score (nSPS) is 23.6. The summed E-state index contributed by atoms with van der Waals surface area (Å²) in [5.41, 5.74) is 0.832. The van der Waals surface area contributed by atoms with E-state index in [9.17, 15) is 22.8 Å². The average Bonchev–Trinajstić information content (AvgIpc) is 3.16. The van der Waals surface area contributed by atoms with Crippen molar-refractivity contribution in [1.82, 2.24) is 15.5 Å². The Morgan fingerprint density at radius 2 is 1.82 bits per heavy atom. The number of benzene rings is 1. The Bertz CT molecular complexity index is 884. The monoisotopic (exact) mass is 407 g/mol. The van der Waals surface area contributed by atoms with Gasteiger partial charge in [-0.25, -0.2) is 13.2 Å². The lowest BCUT2D eigenvalue weighted by Gasteiger charge is -2.21. The van der Waals surface area contributed by atoms with Gasteiger partial charge in [0.25, 0.3) is 0 Å². The number of sulfone groups is 1. The molecule has 9 nitrogen and oxygen atoms in total. The summed E-state index contributed by atoms with van der Waals surface area (Å²) in [4.78, 5) is 37.0. The van der Waals surface area contributed by atoms with Gasteiger partial charge in [0.05, 0.1) is 30.1 Å². The van der Waals surface area contributed by atoms with E-state index in [-0.39, 0.29) is 24.7 Å². The molecular formula is C18H21N3O6S. The molecule has 2 atom stereocenters. The molecule has 10 heteroatoms. The van der Waals surface area contributed by atoms with Crippen LogP contribution in [0.2, 0.25) is 0 Å². The van der Waals surface area contributed by atoms with Crippen LogP contribution in [0.3, 0.4) is 0 Å². The first kappa shape index (κ1) is 19.9. The fourth-order valence-electron chi connectivity index (χ4n) is 3.09. The number of cyclic esters (lactones) is 1. The second kappa shape index (κ2) is 8.42. The molecule has 28 heavy (non-hydrogen) atoms. The molecule has 2 aliphatic rings. The molecule has 0 aliphatic carbocycles. The topological polar surface area (TPSA) is 122 Å². The minimum absolute atomic E-state index is 0.218. The number of nitrogens with one attached hydrogen (secondary N) is 2. The highest BCUT2D eigenvalue weighted by atomic mass is 32.2. The predicted molar refractivity (Wildman–Crippen MR) is 101 cm³/mol. The Balaban J connectivity index is 1.58. The van der Waals surface area contributed by atoms with Gasteiger partial charge < -0.3 is 15.4 Å². The second-order valence-electron chi connectivity index (χ2n) is 6.65. The average molecular weight is 407 g/mol. The van der Waals surface area contributed by atoms with Crippen LogP contribution in [-0.2, 0) is 24.2 Å². The van der Waals surface area contributed by atoms with Crippen molar-refractivity contribution in [2.75, 3.05) is 31.2 Å². The van der Waals surface area contributed by atoms with Gasteiger partial charge in [0.15, 0.2) is 9.84 Å². The summed E-state index contributed by atoms with van der Waals surface area (Å²) in [7, 11) is -3.40. The quantitative estimate of drug-likeness (QED) is 0.616. The summed E-state index contributed by atoms with van der Waals surface area (Å²) in [6.45, 7) is 0.306. The molecule has 3 rings (SSSR count). The zero-order valence-electron chi connectivity index (χ0n) is 15.0. The zero-order valence-corrected chi connectivity index (χ0v) is 15.9. The van der Waals surface area contributed by atoms with Gasteiger partial charge in [-0.15, -0.1) is 0 Å². The lowest BCUT2D eigenvalue weighted by Crippen LogP contribution is -2.52. The summed E-state index contributed by atoms with van der Waals surface area (Å²) in [5, 5.41) is 5.24. The summed E-state index contributed by atoms with van der Waals surface area (Å²) in [6, 6.07) is 7.69. The minimum atomic E-state index is -3.40. The van der Waals surface area contributed by atoms with Crippen LogP contribution in [-0.4, -0.2) is 74.5 Å². The number of rotatable bonds is 6. The van der Waals surface area contributed by atoms with Crippen LogP contribution in [0.1, 0.15) is 5.56 Å². The van der Waals surface area contributed by atoms with Gasteiger partial charge in [0, 0.05) is 6.08 Å². The number of carbonyl (C=O) groups excluding carboxylic acids is 3. The van der Waals surface area contributed by atoms with Gasteiger partial charge in [-0.05, 0) is 11.6 Å². The number of carbonyl (C=O) groups is 3. The molecule has 0 spiro atoms. The van der Waals surface area contributed by atoms with E-state index >= 15 is 0 Å². The maximum Gasteiger partial charge on any atom is 0.410 e. The Labute approximate surface area is 162 Å². The molecule has 2 N–H and O–H groups in total. The fourth-order valence-corrected chi connectivity index (χ4v) is 4.96. The van der Waals surface area contributed by atoms with Crippen molar-refractivity contribution in [3.05, 3.63) is 42.0 Å². The first-order valence-electron chi connectivity index (χ1n) is 8.77. The Hall–Kier alpha value is -2.88. The SMILES string of the molecule is O=C(/C=C/c1ccccc1)N[C@H]1CS(=O)(=O)C[C@H]1NC(=O)CN1CCOC1=O. The standard InChI is InChI=1S/C18H21N3O6S/c22-16(7-6-13-4-2-1-3-5-13)19-14-11-28(25,26)12-15(14)20-17(23)10-21-8-9-27-18(21)24/h1-7,14-15H,8-12H2,(H,19,22)(H,20,23)/b7-6+/t14-,15+/m0/s1. The number of amides is 3. The van der Waals surface area contributed by atoms with Crippen LogP contribution in [0, 0.1) is 0 Å². The second-order valence-corrected chi connectivity index (χ2v) is 8.80. The minimum Gasteiger partial charge on any atom is -0.448 e. The largest absolute Gasteiger partial charge is 0.448 e. The van der Waals surface area contributed by atoms with Crippen LogP contribution in [0.25, 0.3) is 6.08 Å². The molecule has 2 saturated heterocycles. The van der Waals surface area contributed by atoms with Crippen LogP contribution in [0.15, 0.2) is 36.4 Å². The molecular weight excluding hydrogens is 386 g/mol. The molecule has 2 aliphatic heterocycles.